The van der Waals surface area contributed by atoms with Crippen LogP contribution in [0.15, 0.2) is 18.2 Å². The first kappa shape index (κ1) is 10.3. The highest BCUT2D eigenvalue weighted by molar-refractivity contribution is 6.33. The topological polar surface area (TPSA) is 40.5 Å². The molecule has 4 heteroatoms. The van der Waals surface area contributed by atoms with Gasteiger partial charge >= 0.3 is 5.97 Å². The van der Waals surface area contributed by atoms with E-state index in [1.54, 1.807) is 12.1 Å². The molecule has 0 unspecified atom stereocenters. The van der Waals surface area contributed by atoms with E-state index in [2.05, 4.69) is 4.90 Å². The Bertz CT molecular complexity index is 402. The first-order chi connectivity index (χ1) is 7.09. The molecule has 15 heavy (non-hydrogen) atoms. The molecule has 80 valence electrons. The Morgan fingerprint density at radius 2 is 2.20 bits per heavy atom. The van der Waals surface area contributed by atoms with Gasteiger partial charge in [-0.25, -0.2) is 4.79 Å². The number of anilines is 1. The molecule has 0 bridgehead atoms. The molecule has 0 amide bonds. The van der Waals surface area contributed by atoms with Crippen LogP contribution in [0.4, 0.5) is 5.69 Å². The molecule has 1 aromatic carbocycles. The van der Waals surface area contributed by atoms with E-state index in [4.69, 9.17) is 16.7 Å². The minimum atomic E-state index is -0.947. The lowest BCUT2D eigenvalue weighted by atomic mass is 10.2. The number of carbonyl (C=O) groups is 1. The third kappa shape index (κ3) is 2.07. The molecule has 0 aromatic heterocycles. The van der Waals surface area contributed by atoms with Gasteiger partial charge in [0.25, 0.3) is 0 Å². The average Bonchev–Trinajstić information content (AvgIpc) is 2.99. The van der Waals surface area contributed by atoms with Crippen molar-refractivity contribution in [2.75, 3.05) is 11.9 Å². The largest absolute Gasteiger partial charge is 0.478 e. The number of hydrogen-bond acceptors (Lipinski definition) is 2. The number of aromatic carboxylic acids is 1. The van der Waals surface area contributed by atoms with Crippen LogP contribution in [0.25, 0.3) is 0 Å². The van der Waals surface area contributed by atoms with Crippen LogP contribution < -0.4 is 4.90 Å². The second-order valence-electron chi connectivity index (χ2n) is 3.81. The van der Waals surface area contributed by atoms with Gasteiger partial charge in [-0.15, -0.1) is 0 Å². The predicted octanol–water partition coefficient (Wildman–Crippen LogP) is 2.64. The SMILES string of the molecule is CN(c1ccc(C(=O)O)cc1Cl)C1CC1. The van der Waals surface area contributed by atoms with Crippen molar-refractivity contribution in [1.29, 1.82) is 0 Å². The zero-order chi connectivity index (χ0) is 11.0. The maximum atomic E-state index is 10.7. The van der Waals surface area contributed by atoms with Gasteiger partial charge in [-0.3, -0.25) is 0 Å². The maximum Gasteiger partial charge on any atom is 0.335 e. The molecule has 0 radical (unpaired) electrons. The van der Waals surface area contributed by atoms with Gasteiger partial charge in [0.15, 0.2) is 0 Å². The molecule has 2 rings (SSSR count). The van der Waals surface area contributed by atoms with Crippen LogP contribution in [-0.2, 0) is 0 Å². The van der Waals surface area contributed by atoms with Crippen LogP contribution in [0.1, 0.15) is 23.2 Å². The fourth-order valence-electron chi connectivity index (χ4n) is 1.58. The van der Waals surface area contributed by atoms with Crippen LogP contribution in [0.3, 0.4) is 0 Å². The Labute approximate surface area is 93.3 Å². The molecule has 3 nitrogen and oxygen atoms in total. The number of rotatable bonds is 3. The van der Waals surface area contributed by atoms with Crippen molar-refractivity contribution in [3.05, 3.63) is 28.8 Å². The third-order valence-electron chi connectivity index (χ3n) is 2.67. The van der Waals surface area contributed by atoms with E-state index in [9.17, 15) is 4.79 Å². The van der Waals surface area contributed by atoms with Crippen molar-refractivity contribution in [2.45, 2.75) is 18.9 Å². The number of nitrogens with zero attached hydrogens (tertiary/aromatic N) is 1. The van der Waals surface area contributed by atoms with Crippen molar-refractivity contribution >= 4 is 23.3 Å². The zero-order valence-electron chi connectivity index (χ0n) is 8.40. The number of benzene rings is 1. The van der Waals surface area contributed by atoms with Crippen molar-refractivity contribution in [2.24, 2.45) is 0 Å². The highest BCUT2D eigenvalue weighted by atomic mass is 35.5. The van der Waals surface area contributed by atoms with E-state index in [0.29, 0.717) is 11.1 Å². The van der Waals surface area contributed by atoms with Gasteiger partial charge < -0.3 is 10.0 Å². The highest BCUT2D eigenvalue weighted by Gasteiger charge is 2.27. The Morgan fingerprint density at radius 1 is 1.53 bits per heavy atom. The lowest BCUT2D eigenvalue weighted by Gasteiger charge is -2.20. The molecular weight excluding hydrogens is 214 g/mol. The number of halogens is 1. The van der Waals surface area contributed by atoms with Crippen molar-refractivity contribution in [1.82, 2.24) is 0 Å². The molecule has 0 aliphatic heterocycles. The Balaban J connectivity index is 2.29. The normalized spacial score (nSPS) is 15.1. The minimum absolute atomic E-state index is 0.230. The fourth-order valence-corrected chi connectivity index (χ4v) is 1.90. The van der Waals surface area contributed by atoms with Crippen LogP contribution in [-0.4, -0.2) is 24.2 Å². The summed E-state index contributed by atoms with van der Waals surface area (Å²) in [5.41, 5.74) is 1.14. The third-order valence-corrected chi connectivity index (χ3v) is 2.97. The van der Waals surface area contributed by atoms with E-state index in [1.165, 1.54) is 18.9 Å². The molecule has 1 N–H and O–H groups in total. The van der Waals surface area contributed by atoms with Crippen LogP contribution >= 0.6 is 11.6 Å². The summed E-state index contributed by atoms with van der Waals surface area (Å²) in [6.45, 7) is 0. The predicted molar refractivity (Wildman–Crippen MR) is 59.8 cm³/mol. The molecule has 0 heterocycles. The Morgan fingerprint density at radius 3 is 2.67 bits per heavy atom. The number of carboxylic acid groups (broad SMARTS) is 1. The Kier molecular flexibility index (Phi) is 2.57. The second kappa shape index (κ2) is 3.74. The first-order valence-electron chi connectivity index (χ1n) is 4.85. The fraction of sp³-hybridized carbons (Fsp3) is 0.364. The summed E-state index contributed by atoms with van der Waals surface area (Å²) in [6, 6.07) is 5.42. The molecule has 1 saturated carbocycles. The van der Waals surface area contributed by atoms with Gasteiger partial charge in [0, 0.05) is 13.1 Å². The molecule has 1 aliphatic carbocycles. The van der Waals surface area contributed by atoms with Crippen LogP contribution in [0.2, 0.25) is 5.02 Å². The Hall–Kier alpha value is -1.22. The van der Waals surface area contributed by atoms with E-state index < -0.39 is 5.97 Å². The maximum absolute atomic E-state index is 10.7. The van der Waals surface area contributed by atoms with E-state index in [0.717, 1.165) is 5.69 Å². The second-order valence-corrected chi connectivity index (χ2v) is 4.22. The van der Waals surface area contributed by atoms with Crippen LogP contribution in [0.5, 0.6) is 0 Å². The monoisotopic (exact) mass is 225 g/mol. The summed E-state index contributed by atoms with van der Waals surface area (Å²) in [5.74, 6) is -0.947. The van der Waals surface area contributed by atoms with Crippen molar-refractivity contribution < 1.29 is 9.90 Å². The van der Waals surface area contributed by atoms with Gasteiger partial charge in [0.1, 0.15) is 0 Å². The summed E-state index contributed by atoms with van der Waals surface area (Å²) in [7, 11) is 1.99. The zero-order valence-corrected chi connectivity index (χ0v) is 9.16. The van der Waals surface area contributed by atoms with Gasteiger partial charge in [0.2, 0.25) is 0 Å². The molecule has 1 aromatic rings. The summed E-state index contributed by atoms with van der Waals surface area (Å²) >= 11 is 6.04. The molecule has 1 aliphatic rings. The quantitative estimate of drug-likeness (QED) is 0.860. The van der Waals surface area contributed by atoms with E-state index in [1.807, 2.05) is 7.05 Å². The smallest absolute Gasteiger partial charge is 0.335 e. The highest BCUT2D eigenvalue weighted by Crippen LogP contribution is 2.34. The number of carboxylic acids is 1. The van der Waals surface area contributed by atoms with E-state index in [-0.39, 0.29) is 5.56 Å². The molecular formula is C11H12ClNO2. The standard InChI is InChI=1S/C11H12ClNO2/c1-13(8-3-4-8)10-5-2-7(11(14)15)6-9(10)12/h2,5-6,8H,3-4H2,1H3,(H,14,15). The molecule has 0 saturated heterocycles. The van der Waals surface area contributed by atoms with E-state index >= 15 is 0 Å². The molecule has 1 fully saturated rings. The van der Waals surface area contributed by atoms with Crippen molar-refractivity contribution in [3.63, 3.8) is 0 Å². The minimum Gasteiger partial charge on any atom is -0.478 e. The summed E-state index contributed by atoms with van der Waals surface area (Å²) < 4.78 is 0. The molecule has 0 spiro atoms. The molecule has 0 atom stereocenters. The van der Waals surface area contributed by atoms with Gasteiger partial charge in [-0.1, -0.05) is 11.6 Å². The lowest BCUT2D eigenvalue weighted by Crippen LogP contribution is -2.19. The van der Waals surface area contributed by atoms with Crippen molar-refractivity contribution in [3.8, 4) is 0 Å². The summed E-state index contributed by atoms with van der Waals surface area (Å²) in [4.78, 5) is 12.8. The van der Waals surface area contributed by atoms with Gasteiger partial charge in [-0.05, 0) is 31.0 Å². The first-order valence-corrected chi connectivity index (χ1v) is 5.23. The van der Waals surface area contributed by atoms with Gasteiger partial charge in [0.05, 0.1) is 16.3 Å². The van der Waals surface area contributed by atoms with Gasteiger partial charge in [-0.2, -0.15) is 0 Å². The average molecular weight is 226 g/mol. The summed E-state index contributed by atoms with van der Waals surface area (Å²) in [5, 5.41) is 9.29. The number of hydrogen-bond donors (Lipinski definition) is 1. The lowest BCUT2D eigenvalue weighted by molar-refractivity contribution is 0.0697. The summed E-state index contributed by atoms with van der Waals surface area (Å²) in [6.07, 6.45) is 2.38. The van der Waals surface area contributed by atoms with Crippen LogP contribution in [0, 0.1) is 0 Å².